The molecule has 2 rings (SSSR count). The average Bonchev–Trinajstić information content (AvgIpc) is 2.45. The van der Waals surface area contributed by atoms with Gasteiger partial charge >= 0.3 is 0 Å². The first-order valence-electron chi connectivity index (χ1n) is 7.24. The van der Waals surface area contributed by atoms with Crippen LogP contribution in [0.15, 0.2) is 24.3 Å². The van der Waals surface area contributed by atoms with Crippen LogP contribution < -0.4 is 4.74 Å². The summed E-state index contributed by atoms with van der Waals surface area (Å²) >= 11 is 6.18. The van der Waals surface area contributed by atoms with Crippen molar-refractivity contribution < 1.29 is 14.2 Å². The summed E-state index contributed by atoms with van der Waals surface area (Å²) in [6.45, 7) is 3.32. The standard InChI is InChI=1S/C16H23ClO3/c1-3-4-12-5-7-13(8-6-12)20-15-11-14(17)16(15)19-10-9-18-2/h5-8,14-16H,3-4,9-11H2,1-2H3. The Morgan fingerprint density at radius 2 is 1.95 bits per heavy atom. The second-order valence-electron chi connectivity index (χ2n) is 5.13. The van der Waals surface area contributed by atoms with Gasteiger partial charge in [0.2, 0.25) is 0 Å². The fourth-order valence-corrected chi connectivity index (χ4v) is 2.73. The molecule has 3 unspecified atom stereocenters. The molecule has 20 heavy (non-hydrogen) atoms. The largest absolute Gasteiger partial charge is 0.488 e. The van der Waals surface area contributed by atoms with Gasteiger partial charge in [0.15, 0.2) is 0 Å². The van der Waals surface area contributed by atoms with E-state index in [1.807, 2.05) is 12.1 Å². The fraction of sp³-hybridized carbons (Fsp3) is 0.625. The van der Waals surface area contributed by atoms with Crippen molar-refractivity contribution in [2.75, 3.05) is 20.3 Å². The van der Waals surface area contributed by atoms with Crippen molar-refractivity contribution in [3.05, 3.63) is 29.8 Å². The SMILES string of the molecule is CCCc1ccc(OC2CC(Cl)C2OCCOC)cc1. The van der Waals surface area contributed by atoms with Crippen LogP contribution >= 0.6 is 11.6 Å². The summed E-state index contributed by atoms with van der Waals surface area (Å²) < 4.78 is 16.6. The van der Waals surface area contributed by atoms with Crippen molar-refractivity contribution in [2.24, 2.45) is 0 Å². The number of hydrogen-bond donors (Lipinski definition) is 0. The number of rotatable bonds is 8. The number of ether oxygens (including phenoxy) is 3. The highest BCUT2D eigenvalue weighted by molar-refractivity contribution is 6.21. The Labute approximate surface area is 126 Å². The molecule has 0 saturated heterocycles. The van der Waals surface area contributed by atoms with Crippen molar-refractivity contribution in [1.82, 2.24) is 0 Å². The predicted octanol–water partition coefficient (Wildman–Crippen LogP) is 3.43. The van der Waals surface area contributed by atoms with E-state index >= 15 is 0 Å². The Morgan fingerprint density at radius 1 is 1.20 bits per heavy atom. The van der Waals surface area contributed by atoms with Gasteiger partial charge in [-0.15, -0.1) is 11.6 Å². The monoisotopic (exact) mass is 298 g/mol. The van der Waals surface area contributed by atoms with Gasteiger partial charge in [0.25, 0.3) is 0 Å². The number of methoxy groups -OCH3 is 1. The van der Waals surface area contributed by atoms with Gasteiger partial charge < -0.3 is 14.2 Å². The third-order valence-electron chi connectivity index (χ3n) is 3.53. The Bertz CT molecular complexity index is 393. The quantitative estimate of drug-likeness (QED) is 0.543. The zero-order valence-corrected chi connectivity index (χ0v) is 12.9. The molecule has 3 atom stereocenters. The van der Waals surface area contributed by atoms with Crippen molar-refractivity contribution in [3.63, 3.8) is 0 Å². The van der Waals surface area contributed by atoms with Crippen LogP contribution in [0.1, 0.15) is 25.3 Å². The van der Waals surface area contributed by atoms with E-state index in [0.29, 0.717) is 13.2 Å². The topological polar surface area (TPSA) is 27.7 Å². The maximum Gasteiger partial charge on any atom is 0.128 e. The Kier molecular flexibility index (Phi) is 6.14. The number of halogens is 1. The van der Waals surface area contributed by atoms with Crippen molar-refractivity contribution in [1.29, 1.82) is 0 Å². The van der Waals surface area contributed by atoms with E-state index in [1.165, 1.54) is 5.56 Å². The molecule has 1 aromatic rings. The second kappa shape index (κ2) is 7.87. The van der Waals surface area contributed by atoms with Crippen LogP contribution in [0.5, 0.6) is 5.75 Å². The van der Waals surface area contributed by atoms with Gasteiger partial charge in [-0.25, -0.2) is 0 Å². The van der Waals surface area contributed by atoms with Crippen molar-refractivity contribution >= 4 is 11.6 Å². The lowest BCUT2D eigenvalue weighted by atomic mass is 9.91. The van der Waals surface area contributed by atoms with Gasteiger partial charge in [-0.2, -0.15) is 0 Å². The highest BCUT2D eigenvalue weighted by Gasteiger charge is 2.42. The maximum atomic E-state index is 6.18. The van der Waals surface area contributed by atoms with Crippen LogP contribution in [-0.2, 0) is 15.9 Å². The molecule has 0 aromatic heterocycles. The minimum atomic E-state index is -0.0397. The summed E-state index contributed by atoms with van der Waals surface area (Å²) in [4.78, 5) is 0. The molecule has 0 amide bonds. The third-order valence-corrected chi connectivity index (χ3v) is 3.95. The highest BCUT2D eigenvalue weighted by atomic mass is 35.5. The van der Waals surface area contributed by atoms with Gasteiger partial charge in [-0.3, -0.25) is 0 Å². The van der Waals surface area contributed by atoms with Gasteiger partial charge in [0, 0.05) is 13.5 Å². The molecule has 1 aliphatic rings. The Balaban J connectivity index is 1.82. The van der Waals surface area contributed by atoms with Crippen molar-refractivity contribution in [3.8, 4) is 5.75 Å². The fourth-order valence-electron chi connectivity index (χ4n) is 2.32. The van der Waals surface area contributed by atoms with Crippen LogP contribution in [0.25, 0.3) is 0 Å². The minimum Gasteiger partial charge on any atom is -0.488 e. The van der Waals surface area contributed by atoms with E-state index in [0.717, 1.165) is 25.0 Å². The molecule has 0 spiro atoms. The molecule has 0 heterocycles. The molecule has 1 fully saturated rings. The number of hydrogen-bond acceptors (Lipinski definition) is 3. The first-order valence-corrected chi connectivity index (χ1v) is 7.68. The van der Waals surface area contributed by atoms with E-state index in [2.05, 4.69) is 19.1 Å². The highest BCUT2D eigenvalue weighted by Crippen LogP contribution is 2.33. The molecule has 0 radical (unpaired) electrons. The summed E-state index contributed by atoms with van der Waals surface area (Å²) in [7, 11) is 1.66. The predicted molar refractivity (Wildman–Crippen MR) is 80.7 cm³/mol. The Morgan fingerprint density at radius 3 is 2.55 bits per heavy atom. The summed E-state index contributed by atoms with van der Waals surface area (Å²) in [5.41, 5.74) is 1.34. The lowest BCUT2D eigenvalue weighted by molar-refractivity contribution is -0.0898. The molecular formula is C16H23ClO3. The molecular weight excluding hydrogens is 276 g/mol. The molecule has 1 saturated carbocycles. The molecule has 3 nitrogen and oxygen atoms in total. The smallest absolute Gasteiger partial charge is 0.128 e. The maximum absolute atomic E-state index is 6.18. The zero-order chi connectivity index (χ0) is 14.4. The first-order chi connectivity index (χ1) is 9.74. The molecule has 1 aliphatic carbocycles. The minimum absolute atomic E-state index is 0.0382. The van der Waals surface area contributed by atoms with E-state index in [1.54, 1.807) is 7.11 Å². The number of aryl methyl sites for hydroxylation is 1. The molecule has 1 aromatic carbocycles. The lowest BCUT2D eigenvalue weighted by Crippen LogP contribution is -2.53. The molecule has 0 bridgehead atoms. The van der Waals surface area contributed by atoms with Gasteiger partial charge in [-0.05, 0) is 24.1 Å². The summed E-state index contributed by atoms with van der Waals surface area (Å²) in [5.74, 6) is 0.888. The first kappa shape index (κ1) is 15.6. The Hall–Kier alpha value is -0.770. The molecule has 112 valence electrons. The van der Waals surface area contributed by atoms with E-state index in [9.17, 15) is 0 Å². The van der Waals surface area contributed by atoms with Gasteiger partial charge in [-0.1, -0.05) is 25.5 Å². The summed E-state index contributed by atoms with van der Waals surface area (Å²) in [6, 6.07) is 8.30. The van der Waals surface area contributed by atoms with Gasteiger partial charge in [0.05, 0.1) is 18.6 Å². The van der Waals surface area contributed by atoms with Crippen LogP contribution in [0.2, 0.25) is 0 Å². The van der Waals surface area contributed by atoms with Crippen LogP contribution in [-0.4, -0.2) is 37.9 Å². The van der Waals surface area contributed by atoms with Crippen LogP contribution in [0.4, 0.5) is 0 Å². The summed E-state index contributed by atoms with van der Waals surface area (Å²) in [5, 5.41) is 0.0382. The number of alkyl halides is 1. The van der Waals surface area contributed by atoms with Crippen molar-refractivity contribution in [2.45, 2.75) is 43.8 Å². The third kappa shape index (κ3) is 4.11. The van der Waals surface area contributed by atoms with Crippen LogP contribution in [0, 0.1) is 0 Å². The average molecular weight is 299 g/mol. The van der Waals surface area contributed by atoms with Crippen LogP contribution in [0.3, 0.4) is 0 Å². The van der Waals surface area contributed by atoms with E-state index in [4.69, 9.17) is 25.8 Å². The normalized spacial score (nSPS) is 25.2. The molecule has 0 N–H and O–H groups in total. The van der Waals surface area contributed by atoms with E-state index in [-0.39, 0.29) is 17.6 Å². The second-order valence-corrected chi connectivity index (χ2v) is 5.69. The lowest BCUT2D eigenvalue weighted by Gasteiger charge is -2.40. The zero-order valence-electron chi connectivity index (χ0n) is 12.2. The number of benzene rings is 1. The molecule has 4 heteroatoms. The van der Waals surface area contributed by atoms with Gasteiger partial charge in [0.1, 0.15) is 18.0 Å². The van der Waals surface area contributed by atoms with E-state index < -0.39 is 0 Å². The molecule has 0 aliphatic heterocycles. The summed E-state index contributed by atoms with van der Waals surface area (Å²) in [6.07, 6.45) is 3.10.